The maximum atomic E-state index is 11.7. The van der Waals surface area contributed by atoms with Crippen molar-refractivity contribution in [2.24, 2.45) is 0 Å². The average Bonchev–Trinajstić information content (AvgIpc) is 2.30. The molecule has 106 valence electrons. The monoisotopic (exact) mass is 389 g/mol. The standard InChI is InChI=1S/C10H20INO5Si/c1-15-9(13)8(12-10(14)16-2)7(6-11)17-18(3,4)5/h7-8H,6H2,1-5H3,(H,12,14)/t7-,8-/m0/s1. The second kappa shape index (κ2) is 7.95. The molecule has 0 radical (unpaired) electrons. The Kier molecular flexibility index (Phi) is 7.79. The summed E-state index contributed by atoms with van der Waals surface area (Å²) in [5, 5.41) is 2.45. The highest BCUT2D eigenvalue weighted by Crippen LogP contribution is 2.14. The molecule has 0 unspecified atom stereocenters. The van der Waals surface area contributed by atoms with Crippen molar-refractivity contribution in [3.8, 4) is 0 Å². The van der Waals surface area contributed by atoms with E-state index in [-0.39, 0.29) is 0 Å². The smallest absolute Gasteiger partial charge is 0.407 e. The molecule has 6 nitrogen and oxygen atoms in total. The molecule has 0 aromatic rings. The van der Waals surface area contributed by atoms with Gasteiger partial charge in [0.25, 0.3) is 0 Å². The minimum Gasteiger partial charge on any atom is -0.467 e. The minimum absolute atomic E-state index is 0.427. The van der Waals surface area contributed by atoms with E-state index in [1.165, 1.54) is 14.2 Å². The Bertz CT molecular complexity index is 294. The van der Waals surface area contributed by atoms with Crippen LogP contribution in [0.4, 0.5) is 4.79 Å². The highest BCUT2D eigenvalue weighted by Gasteiger charge is 2.34. The van der Waals surface area contributed by atoms with Crippen molar-refractivity contribution in [2.45, 2.75) is 31.8 Å². The lowest BCUT2D eigenvalue weighted by atomic mass is 10.2. The van der Waals surface area contributed by atoms with E-state index >= 15 is 0 Å². The molecule has 0 saturated carbocycles. The van der Waals surface area contributed by atoms with Gasteiger partial charge in [0, 0.05) is 4.43 Å². The van der Waals surface area contributed by atoms with Crippen LogP contribution in [0.25, 0.3) is 0 Å². The first-order valence-corrected chi connectivity index (χ1v) is 10.3. The first-order valence-electron chi connectivity index (χ1n) is 5.41. The summed E-state index contributed by atoms with van der Waals surface area (Å²) in [6, 6.07) is -0.855. The molecule has 0 bridgehead atoms. The van der Waals surface area contributed by atoms with Crippen molar-refractivity contribution in [1.82, 2.24) is 5.32 Å². The SMILES string of the molecule is COC(=O)N[C@H](C(=O)OC)[C@H](CI)O[Si](C)(C)C. The number of methoxy groups -OCH3 is 2. The Balaban J connectivity index is 4.89. The summed E-state index contributed by atoms with van der Waals surface area (Å²) >= 11 is 2.11. The van der Waals surface area contributed by atoms with E-state index in [9.17, 15) is 9.59 Å². The van der Waals surface area contributed by atoms with Crippen LogP contribution in [0, 0.1) is 0 Å². The topological polar surface area (TPSA) is 73.9 Å². The van der Waals surface area contributed by atoms with Crippen LogP contribution < -0.4 is 5.32 Å². The molecule has 0 aromatic carbocycles. The predicted molar refractivity (Wildman–Crippen MR) is 78.5 cm³/mol. The van der Waals surface area contributed by atoms with Gasteiger partial charge in [0.1, 0.15) is 0 Å². The van der Waals surface area contributed by atoms with Crippen molar-refractivity contribution < 1.29 is 23.5 Å². The number of ether oxygens (including phenoxy) is 2. The molecular formula is C10H20INO5Si. The van der Waals surface area contributed by atoms with Gasteiger partial charge in [-0.15, -0.1) is 0 Å². The fourth-order valence-electron chi connectivity index (χ4n) is 1.26. The van der Waals surface area contributed by atoms with Gasteiger partial charge in [-0.05, 0) is 19.6 Å². The Morgan fingerprint density at radius 1 is 1.22 bits per heavy atom. The summed E-state index contributed by atoms with van der Waals surface area (Å²) in [7, 11) is 0.681. The fourth-order valence-corrected chi connectivity index (χ4v) is 3.41. The van der Waals surface area contributed by atoms with Crippen molar-refractivity contribution in [3.05, 3.63) is 0 Å². The van der Waals surface area contributed by atoms with E-state index in [1.807, 2.05) is 19.6 Å². The lowest BCUT2D eigenvalue weighted by Gasteiger charge is -2.30. The average molecular weight is 389 g/mol. The molecule has 0 heterocycles. The molecule has 0 fully saturated rings. The van der Waals surface area contributed by atoms with Crippen LogP contribution >= 0.6 is 22.6 Å². The number of hydrogen-bond donors (Lipinski definition) is 1. The van der Waals surface area contributed by atoms with Crippen molar-refractivity contribution in [2.75, 3.05) is 18.6 Å². The summed E-state index contributed by atoms with van der Waals surface area (Å²) in [4.78, 5) is 22.9. The number of amides is 1. The van der Waals surface area contributed by atoms with Gasteiger partial charge in [-0.1, -0.05) is 22.6 Å². The van der Waals surface area contributed by atoms with Crippen molar-refractivity contribution >= 4 is 43.0 Å². The fraction of sp³-hybridized carbons (Fsp3) is 0.800. The molecule has 0 aliphatic carbocycles. The lowest BCUT2D eigenvalue weighted by molar-refractivity contribution is -0.145. The van der Waals surface area contributed by atoms with Gasteiger partial charge in [-0.2, -0.15) is 0 Å². The zero-order valence-electron chi connectivity index (χ0n) is 11.3. The molecule has 8 heteroatoms. The van der Waals surface area contributed by atoms with Crippen molar-refractivity contribution in [3.63, 3.8) is 0 Å². The third-order valence-electron chi connectivity index (χ3n) is 1.94. The first-order chi connectivity index (χ1) is 8.25. The van der Waals surface area contributed by atoms with Gasteiger partial charge in [0.15, 0.2) is 14.4 Å². The molecule has 1 amide bonds. The summed E-state index contributed by atoms with van der Waals surface area (Å²) in [5.74, 6) is -0.541. The number of carbonyl (C=O) groups is 2. The Morgan fingerprint density at radius 3 is 2.11 bits per heavy atom. The van der Waals surface area contributed by atoms with E-state index in [0.29, 0.717) is 4.43 Å². The predicted octanol–water partition coefficient (Wildman–Crippen LogP) is 1.54. The molecule has 0 saturated heterocycles. The number of halogens is 1. The summed E-state index contributed by atoms with van der Waals surface area (Å²) in [6.45, 7) is 6.04. The van der Waals surface area contributed by atoms with Crippen LogP contribution in [-0.2, 0) is 18.7 Å². The Morgan fingerprint density at radius 2 is 1.78 bits per heavy atom. The van der Waals surface area contributed by atoms with Crippen LogP contribution in [0.5, 0.6) is 0 Å². The second-order valence-electron chi connectivity index (χ2n) is 4.56. The summed E-state index contributed by atoms with van der Waals surface area (Å²) in [5.41, 5.74) is 0. The van der Waals surface area contributed by atoms with Gasteiger partial charge >= 0.3 is 12.1 Å². The van der Waals surface area contributed by atoms with E-state index < -0.39 is 32.5 Å². The summed E-state index contributed by atoms with van der Waals surface area (Å²) < 4.78 is 15.6. The van der Waals surface area contributed by atoms with Crippen LogP contribution in [0.1, 0.15) is 0 Å². The first kappa shape index (κ1) is 17.6. The number of carbonyl (C=O) groups excluding carboxylic acids is 2. The molecule has 0 aliphatic rings. The van der Waals surface area contributed by atoms with Gasteiger partial charge in [0.2, 0.25) is 0 Å². The van der Waals surface area contributed by atoms with Gasteiger partial charge in [-0.25, -0.2) is 9.59 Å². The molecule has 0 aromatic heterocycles. The third kappa shape index (κ3) is 6.54. The quantitative estimate of drug-likeness (QED) is 0.323. The third-order valence-corrected chi connectivity index (χ3v) is 3.82. The molecule has 0 aliphatic heterocycles. The Hall–Kier alpha value is -0.353. The van der Waals surface area contributed by atoms with E-state index in [1.54, 1.807) is 0 Å². The van der Waals surface area contributed by atoms with Crippen LogP contribution in [0.15, 0.2) is 0 Å². The van der Waals surface area contributed by atoms with Crippen LogP contribution in [0.3, 0.4) is 0 Å². The summed E-state index contributed by atoms with van der Waals surface area (Å²) in [6.07, 6.45) is -1.11. The van der Waals surface area contributed by atoms with E-state index in [4.69, 9.17) is 4.43 Å². The molecule has 0 spiro atoms. The van der Waals surface area contributed by atoms with E-state index in [2.05, 4.69) is 37.4 Å². The van der Waals surface area contributed by atoms with E-state index in [0.717, 1.165) is 0 Å². The van der Waals surface area contributed by atoms with Crippen molar-refractivity contribution in [1.29, 1.82) is 0 Å². The van der Waals surface area contributed by atoms with Gasteiger partial charge in [-0.3, -0.25) is 0 Å². The number of rotatable bonds is 6. The molecular weight excluding hydrogens is 369 g/mol. The van der Waals surface area contributed by atoms with Gasteiger partial charge in [0.05, 0.1) is 20.3 Å². The molecule has 2 atom stereocenters. The number of alkyl halides is 1. The Labute approximate surface area is 122 Å². The van der Waals surface area contributed by atoms with Crippen LogP contribution in [-0.4, -0.2) is 51.2 Å². The number of esters is 1. The van der Waals surface area contributed by atoms with Gasteiger partial charge < -0.3 is 19.2 Å². The zero-order valence-corrected chi connectivity index (χ0v) is 14.4. The normalized spacial score (nSPS) is 14.6. The van der Waals surface area contributed by atoms with Crippen LogP contribution in [0.2, 0.25) is 19.6 Å². The maximum Gasteiger partial charge on any atom is 0.407 e. The molecule has 0 rings (SSSR count). The molecule has 1 N–H and O–H groups in total. The number of alkyl carbamates (subject to hydrolysis) is 1. The molecule has 18 heavy (non-hydrogen) atoms. The largest absolute Gasteiger partial charge is 0.467 e. The maximum absolute atomic E-state index is 11.7. The lowest BCUT2D eigenvalue weighted by Crippen LogP contribution is -2.53. The highest BCUT2D eigenvalue weighted by molar-refractivity contribution is 14.1. The zero-order chi connectivity index (χ0) is 14.3. The number of hydrogen-bond acceptors (Lipinski definition) is 5. The number of nitrogens with one attached hydrogen (secondary N) is 1. The highest BCUT2D eigenvalue weighted by atomic mass is 127. The second-order valence-corrected chi connectivity index (χ2v) is 9.90. The minimum atomic E-state index is -1.83.